The zero-order valence-electron chi connectivity index (χ0n) is 35.4. The van der Waals surface area contributed by atoms with Crippen LogP contribution in [0, 0.1) is 0 Å². The Hall–Kier alpha value is -7.92. The van der Waals surface area contributed by atoms with Gasteiger partial charge in [0.15, 0.2) is 23.0 Å². The van der Waals surface area contributed by atoms with Gasteiger partial charge in [0.05, 0.1) is 5.56 Å². The number of ether oxygens (including phenoxy) is 5. The van der Waals surface area contributed by atoms with Crippen molar-refractivity contribution in [2.75, 3.05) is 4.90 Å². The quantitative estimate of drug-likeness (QED) is 0.0800. The lowest BCUT2D eigenvalue weighted by Crippen LogP contribution is -2.21. The summed E-state index contributed by atoms with van der Waals surface area (Å²) in [6.45, 7) is 0. The van der Waals surface area contributed by atoms with Gasteiger partial charge < -0.3 is 28.6 Å². The van der Waals surface area contributed by atoms with E-state index < -0.39 is 72.3 Å². The number of rotatable bonds is 14. The Balaban J connectivity index is 1.30. The van der Waals surface area contributed by atoms with Crippen LogP contribution >= 0.6 is 0 Å². The molecule has 0 saturated heterocycles. The van der Waals surface area contributed by atoms with Crippen LogP contribution in [0.5, 0.6) is 28.7 Å². The highest BCUT2D eigenvalue weighted by atomic mass is 19.4. The summed E-state index contributed by atoms with van der Waals surface area (Å²) >= 11 is 0. The van der Waals surface area contributed by atoms with Crippen molar-refractivity contribution in [3.8, 4) is 28.7 Å². The monoisotopic (exact) mass is 1040 g/mol. The minimum absolute atomic E-state index is 0.0197. The highest BCUT2D eigenvalue weighted by Gasteiger charge is 2.40. The zero-order valence-corrected chi connectivity index (χ0v) is 35.4. The molecule has 0 bridgehead atoms. The van der Waals surface area contributed by atoms with E-state index in [1.807, 2.05) is 0 Å². The van der Waals surface area contributed by atoms with E-state index in [0.29, 0.717) is 70.2 Å². The van der Waals surface area contributed by atoms with Crippen LogP contribution in [0.2, 0.25) is 0 Å². The molecule has 0 radical (unpaired) electrons. The van der Waals surface area contributed by atoms with E-state index >= 15 is 0 Å². The predicted octanol–water partition coefficient (Wildman–Crippen LogP) is 17.2. The molecule has 0 aliphatic heterocycles. The molecular formula is C48H27F18NO5. The van der Waals surface area contributed by atoms with Crippen LogP contribution in [0.1, 0.15) is 38.9 Å². The molecule has 24 heteroatoms. The van der Waals surface area contributed by atoms with Gasteiger partial charge in [-0.15, -0.1) is 65.9 Å². The van der Waals surface area contributed by atoms with Gasteiger partial charge >= 0.3 is 38.0 Å². The maximum Gasteiger partial charge on any atom is 0.573 e. The lowest BCUT2D eigenvalue weighted by Gasteiger charge is -2.26. The molecule has 6 aromatic carbocycles. The summed E-state index contributed by atoms with van der Waals surface area (Å²) < 4.78 is 252. The highest BCUT2D eigenvalue weighted by Crippen LogP contribution is 2.42. The molecule has 6 rings (SSSR count). The van der Waals surface area contributed by atoms with E-state index in [1.54, 1.807) is 77.7 Å². The average Bonchev–Trinajstić information content (AvgIpc) is 3.24. The van der Waals surface area contributed by atoms with Crippen molar-refractivity contribution in [2.45, 2.75) is 38.0 Å². The molecule has 0 atom stereocenters. The minimum Gasteiger partial charge on any atom is -0.405 e. The van der Waals surface area contributed by atoms with Gasteiger partial charge in [-0.2, -0.15) is 13.2 Å². The third kappa shape index (κ3) is 16.3. The summed E-state index contributed by atoms with van der Waals surface area (Å²) in [5.74, 6) is -6.49. The summed E-state index contributed by atoms with van der Waals surface area (Å²) in [6.07, 6.45) is -24.0. The standard InChI is InChI=1S/C48H27F18NO5/c49-43(50,51)37-22-13-31(25-40(37)70-46(58,59)60)4-1-28-7-16-34(17-8-28)67(35-18-9-29(10-19-35)2-5-32-14-23-38(68-44(52,53)54)41(26-32)71-47(61,62)63)36-20-11-30(12-21-36)3-6-33-15-24-39(69-45(55,56)57)42(27-33)72-48(64,65)66/h1-27H/b4-1+,5-2+,6-3+. The Bertz CT molecular complexity index is 2760. The fraction of sp³-hybridized carbons (Fsp3) is 0.125. The van der Waals surface area contributed by atoms with Crippen molar-refractivity contribution in [2.24, 2.45) is 0 Å². The summed E-state index contributed by atoms with van der Waals surface area (Å²) in [4.78, 5) is 1.69. The summed E-state index contributed by atoms with van der Waals surface area (Å²) in [7, 11) is 0. The number of alkyl halides is 18. The number of benzene rings is 6. The van der Waals surface area contributed by atoms with Crippen LogP contribution < -0.4 is 28.6 Å². The van der Waals surface area contributed by atoms with E-state index in [9.17, 15) is 79.0 Å². The first-order valence-corrected chi connectivity index (χ1v) is 19.8. The number of anilines is 3. The van der Waals surface area contributed by atoms with Crippen molar-refractivity contribution < 1.29 is 103 Å². The zero-order chi connectivity index (χ0) is 52.9. The molecule has 0 aliphatic rings. The lowest BCUT2D eigenvalue weighted by atomic mass is 10.1. The third-order valence-electron chi connectivity index (χ3n) is 9.23. The van der Waals surface area contributed by atoms with Gasteiger partial charge in [-0.25, -0.2) is 0 Å². The second-order valence-electron chi connectivity index (χ2n) is 14.5. The molecule has 0 aromatic heterocycles. The third-order valence-corrected chi connectivity index (χ3v) is 9.23. The van der Waals surface area contributed by atoms with Crippen LogP contribution in [0.4, 0.5) is 96.1 Å². The SMILES string of the molecule is FC(F)(F)Oc1ccc(/C=C/c2ccc(N(c3ccc(/C=C/c4ccc(OC(F)(F)F)c(OC(F)(F)F)c4)cc3)c3ccc(/C=C/c4ccc(C(F)(F)F)c(OC(F)(F)F)c4)cc3)cc2)cc1OC(F)(F)F. The first-order valence-electron chi connectivity index (χ1n) is 19.8. The summed E-state index contributed by atoms with van der Waals surface area (Å²) in [6, 6.07) is 25.5. The molecule has 0 heterocycles. The van der Waals surface area contributed by atoms with E-state index in [0.717, 1.165) is 18.2 Å². The van der Waals surface area contributed by atoms with E-state index in [1.165, 1.54) is 36.5 Å². The molecule has 0 amide bonds. The molecule has 0 aliphatic carbocycles. The molecule has 0 fully saturated rings. The van der Waals surface area contributed by atoms with E-state index in [2.05, 4.69) is 23.7 Å². The fourth-order valence-electron chi connectivity index (χ4n) is 6.40. The lowest BCUT2D eigenvalue weighted by molar-refractivity contribution is -0.287. The summed E-state index contributed by atoms with van der Waals surface area (Å²) in [5, 5.41) is 0. The predicted molar refractivity (Wildman–Crippen MR) is 226 cm³/mol. The van der Waals surface area contributed by atoms with E-state index in [-0.39, 0.29) is 16.7 Å². The maximum atomic E-state index is 13.4. The second-order valence-corrected chi connectivity index (χ2v) is 14.5. The van der Waals surface area contributed by atoms with Gasteiger partial charge in [-0.05, 0) is 106 Å². The molecule has 72 heavy (non-hydrogen) atoms. The molecular weight excluding hydrogens is 1010 g/mol. The molecule has 0 spiro atoms. The normalized spacial score (nSPS) is 13.0. The molecule has 0 N–H and O–H groups in total. The summed E-state index contributed by atoms with van der Waals surface area (Å²) in [5.41, 5.74) is 0.862. The fourth-order valence-corrected chi connectivity index (χ4v) is 6.40. The molecule has 0 saturated carbocycles. The number of hydrogen-bond donors (Lipinski definition) is 0. The minimum atomic E-state index is -5.43. The van der Waals surface area contributed by atoms with Crippen molar-refractivity contribution in [3.05, 3.63) is 166 Å². The smallest absolute Gasteiger partial charge is 0.405 e. The van der Waals surface area contributed by atoms with Gasteiger partial charge in [0.1, 0.15) is 5.75 Å². The Labute approximate surface area is 393 Å². The molecule has 6 aromatic rings. The van der Waals surface area contributed by atoms with Crippen molar-refractivity contribution in [1.29, 1.82) is 0 Å². The van der Waals surface area contributed by atoms with Crippen LogP contribution in [-0.4, -0.2) is 31.8 Å². The average molecular weight is 1040 g/mol. The Morgan fingerprint density at radius 3 is 0.792 bits per heavy atom. The van der Waals surface area contributed by atoms with Gasteiger partial charge in [0, 0.05) is 17.1 Å². The largest absolute Gasteiger partial charge is 0.573 e. The number of halogens is 18. The van der Waals surface area contributed by atoms with Gasteiger partial charge in [-0.3, -0.25) is 0 Å². The van der Waals surface area contributed by atoms with E-state index in [4.69, 9.17) is 0 Å². The van der Waals surface area contributed by atoms with Gasteiger partial charge in [0.25, 0.3) is 0 Å². The van der Waals surface area contributed by atoms with Crippen LogP contribution in [0.3, 0.4) is 0 Å². The number of nitrogens with zero attached hydrogens (tertiary/aromatic N) is 1. The molecule has 380 valence electrons. The molecule has 6 nitrogen and oxygen atoms in total. The first-order chi connectivity index (χ1) is 33.3. The van der Waals surface area contributed by atoms with Crippen LogP contribution in [0.15, 0.2) is 127 Å². The first kappa shape index (κ1) is 53.4. The topological polar surface area (TPSA) is 49.4 Å². The maximum absolute atomic E-state index is 13.4. The highest BCUT2D eigenvalue weighted by molar-refractivity contribution is 5.81. The van der Waals surface area contributed by atoms with Crippen LogP contribution in [0.25, 0.3) is 36.5 Å². The van der Waals surface area contributed by atoms with Crippen LogP contribution in [-0.2, 0) is 6.18 Å². The Morgan fingerprint density at radius 2 is 0.500 bits per heavy atom. The van der Waals surface area contributed by atoms with Crippen molar-refractivity contribution >= 4 is 53.5 Å². The Morgan fingerprint density at radius 1 is 0.264 bits per heavy atom. The Kier molecular flexibility index (Phi) is 15.4. The number of hydrogen-bond acceptors (Lipinski definition) is 6. The van der Waals surface area contributed by atoms with Gasteiger partial charge in [0.2, 0.25) is 0 Å². The van der Waals surface area contributed by atoms with Crippen molar-refractivity contribution in [1.82, 2.24) is 0 Å². The van der Waals surface area contributed by atoms with Crippen molar-refractivity contribution in [3.63, 3.8) is 0 Å². The van der Waals surface area contributed by atoms with Gasteiger partial charge in [-0.1, -0.05) is 91.1 Å². The molecule has 0 unspecified atom stereocenters. The second kappa shape index (κ2) is 20.8.